The van der Waals surface area contributed by atoms with E-state index >= 15 is 0 Å². The lowest BCUT2D eigenvalue weighted by Crippen LogP contribution is -2.27. The van der Waals surface area contributed by atoms with Crippen LogP contribution in [0.1, 0.15) is 25.8 Å². The number of para-hydroxylation sites is 1. The second-order valence-corrected chi connectivity index (χ2v) is 5.98. The molecule has 0 saturated heterocycles. The molecule has 4 heteroatoms. The average Bonchev–Trinajstić information content (AvgIpc) is 2.79. The molecule has 0 aliphatic heterocycles. The lowest BCUT2D eigenvalue weighted by molar-refractivity contribution is -0.116. The van der Waals surface area contributed by atoms with Crippen LogP contribution in [-0.4, -0.2) is 28.2 Å². The molecule has 1 amide bonds. The smallest absolute Gasteiger partial charge is 0.244 e. The van der Waals surface area contributed by atoms with Crippen LogP contribution in [0.5, 0.6) is 0 Å². The van der Waals surface area contributed by atoms with Crippen LogP contribution in [-0.2, 0) is 11.8 Å². The summed E-state index contributed by atoms with van der Waals surface area (Å²) in [5.74, 6) is 0.153. The van der Waals surface area contributed by atoms with Gasteiger partial charge >= 0.3 is 0 Å². The van der Waals surface area contributed by atoms with Crippen molar-refractivity contribution in [2.24, 2.45) is 13.0 Å². The first kappa shape index (κ1) is 16.3. The van der Waals surface area contributed by atoms with Gasteiger partial charge in [-0.1, -0.05) is 25.1 Å². The summed E-state index contributed by atoms with van der Waals surface area (Å²) in [6.07, 6.45) is 5.78. The molecular weight excluding hydrogens is 276 g/mol. The van der Waals surface area contributed by atoms with Gasteiger partial charge in [0.2, 0.25) is 5.91 Å². The van der Waals surface area contributed by atoms with Crippen LogP contribution in [0.3, 0.4) is 0 Å². The Morgan fingerprint density at radius 2 is 2.09 bits per heavy atom. The number of aliphatic hydroxyl groups is 1. The van der Waals surface area contributed by atoms with E-state index in [1.54, 1.807) is 13.0 Å². The number of aromatic nitrogens is 1. The van der Waals surface area contributed by atoms with E-state index in [1.807, 2.05) is 38.4 Å². The van der Waals surface area contributed by atoms with Gasteiger partial charge in [0.25, 0.3) is 0 Å². The maximum atomic E-state index is 11.9. The van der Waals surface area contributed by atoms with Crippen molar-refractivity contribution in [2.45, 2.75) is 26.4 Å². The van der Waals surface area contributed by atoms with Crippen LogP contribution in [0.15, 0.2) is 36.5 Å². The molecule has 1 aromatic heterocycles. The summed E-state index contributed by atoms with van der Waals surface area (Å²) in [6, 6.07) is 8.12. The molecule has 2 aromatic rings. The zero-order valence-corrected chi connectivity index (χ0v) is 13.4. The van der Waals surface area contributed by atoms with Crippen LogP contribution < -0.4 is 5.32 Å². The van der Waals surface area contributed by atoms with E-state index in [0.717, 1.165) is 16.5 Å². The van der Waals surface area contributed by atoms with Gasteiger partial charge in [-0.05, 0) is 31.4 Å². The molecule has 1 aromatic carbocycles. The molecule has 2 unspecified atom stereocenters. The summed E-state index contributed by atoms with van der Waals surface area (Å²) in [5, 5.41) is 13.3. The fourth-order valence-electron chi connectivity index (χ4n) is 2.67. The summed E-state index contributed by atoms with van der Waals surface area (Å²) in [5.41, 5.74) is 2.18. The molecule has 0 saturated carbocycles. The molecule has 0 fully saturated rings. The molecule has 0 aliphatic carbocycles. The predicted molar refractivity (Wildman–Crippen MR) is 90.4 cm³/mol. The number of carbonyl (C=O) groups is 1. The third kappa shape index (κ3) is 4.21. The van der Waals surface area contributed by atoms with E-state index in [1.165, 1.54) is 0 Å². The highest BCUT2D eigenvalue weighted by Crippen LogP contribution is 2.21. The van der Waals surface area contributed by atoms with Gasteiger partial charge in [-0.15, -0.1) is 0 Å². The van der Waals surface area contributed by atoms with Crippen molar-refractivity contribution in [3.63, 3.8) is 0 Å². The summed E-state index contributed by atoms with van der Waals surface area (Å²) in [4.78, 5) is 11.9. The maximum Gasteiger partial charge on any atom is 0.244 e. The second-order valence-electron chi connectivity index (χ2n) is 5.98. The van der Waals surface area contributed by atoms with Crippen LogP contribution in [0.2, 0.25) is 0 Å². The van der Waals surface area contributed by atoms with Gasteiger partial charge in [-0.2, -0.15) is 0 Å². The number of hydrogen-bond acceptors (Lipinski definition) is 2. The fourth-order valence-corrected chi connectivity index (χ4v) is 2.67. The molecule has 0 bridgehead atoms. The Labute approximate surface area is 131 Å². The Bertz CT molecular complexity index is 671. The minimum atomic E-state index is -0.335. The Balaban J connectivity index is 1.97. The van der Waals surface area contributed by atoms with Crippen molar-refractivity contribution in [3.05, 3.63) is 42.1 Å². The van der Waals surface area contributed by atoms with E-state index in [-0.39, 0.29) is 17.9 Å². The monoisotopic (exact) mass is 300 g/mol. The maximum absolute atomic E-state index is 11.9. The van der Waals surface area contributed by atoms with Gasteiger partial charge in [0.1, 0.15) is 0 Å². The topological polar surface area (TPSA) is 54.3 Å². The van der Waals surface area contributed by atoms with Crippen LogP contribution in [0, 0.1) is 5.92 Å². The van der Waals surface area contributed by atoms with Crippen LogP contribution in [0.25, 0.3) is 17.0 Å². The molecule has 0 radical (unpaired) electrons. The summed E-state index contributed by atoms with van der Waals surface area (Å²) >= 11 is 0. The van der Waals surface area contributed by atoms with Crippen LogP contribution >= 0.6 is 0 Å². The summed E-state index contributed by atoms with van der Waals surface area (Å²) in [7, 11) is 2.00. The number of aliphatic hydroxyl groups excluding tert-OH is 1. The number of fused-ring (bicyclic) bond motifs is 1. The van der Waals surface area contributed by atoms with Gasteiger partial charge in [0.05, 0.1) is 6.10 Å². The zero-order valence-electron chi connectivity index (χ0n) is 13.4. The number of rotatable bonds is 6. The van der Waals surface area contributed by atoms with Gasteiger partial charge in [0.15, 0.2) is 0 Å². The molecule has 4 nitrogen and oxygen atoms in total. The molecule has 1 heterocycles. The van der Waals surface area contributed by atoms with E-state index in [9.17, 15) is 9.90 Å². The number of amides is 1. The lowest BCUT2D eigenvalue weighted by atomic mass is 10.0. The molecular formula is C18H24N2O2. The SMILES string of the molecule is CC(O)CC(C)CNC(=O)C=Cc1cn(C)c2ccccc12. The average molecular weight is 300 g/mol. The quantitative estimate of drug-likeness (QED) is 0.806. The Morgan fingerprint density at radius 1 is 1.36 bits per heavy atom. The normalized spacial score (nSPS) is 14.4. The van der Waals surface area contributed by atoms with Gasteiger partial charge in [0, 0.05) is 42.3 Å². The first-order chi connectivity index (χ1) is 10.5. The Hall–Kier alpha value is -2.07. The standard InChI is InChI=1S/C18H24N2O2/c1-13(10-14(2)21)11-19-18(22)9-8-15-12-20(3)17-7-5-4-6-16(15)17/h4-9,12-14,21H,10-11H2,1-3H3,(H,19,22). The van der Waals surface area contributed by atoms with Crippen molar-refractivity contribution in [3.8, 4) is 0 Å². The predicted octanol–water partition coefficient (Wildman–Crippen LogP) is 2.71. The molecule has 22 heavy (non-hydrogen) atoms. The molecule has 2 rings (SSSR count). The largest absolute Gasteiger partial charge is 0.393 e. The number of carbonyl (C=O) groups excluding carboxylic acids is 1. The van der Waals surface area contributed by atoms with E-state index in [4.69, 9.17) is 0 Å². The van der Waals surface area contributed by atoms with E-state index < -0.39 is 0 Å². The molecule has 2 atom stereocenters. The highest BCUT2D eigenvalue weighted by molar-refractivity contribution is 5.96. The van der Waals surface area contributed by atoms with Gasteiger partial charge in [-0.3, -0.25) is 4.79 Å². The number of aryl methyl sites for hydroxylation is 1. The first-order valence-electron chi connectivity index (χ1n) is 7.65. The highest BCUT2D eigenvalue weighted by Gasteiger charge is 2.07. The van der Waals surface area contributed by atoms with Crippen molar-refractivity contribution in [2.75, 3.05) is 6.54 Å². The van der Waals surface area contributed by atoms with Crippen molar-refractivity contribution < 1.29 is 9.90 Å². The second kappa shape index (κ2) is 7.27. The van der Waals surface area contributed by atoms with Crippen molar-refractivity contribution in [1.29, 1.82) is 0 Å². The van der Waals surface area contributed by atoms with Gasteiger partial charge in [-0.25, -0.2) is 0 Å². The van der Waals surface area contributed by atoms with Crippen molar-refractivity contribution in [1.82, 2.24) is 9.88 Å². The minimum Gasteiger partial charge on any atom is -0.393 e. The molecule has 2 N–H and O–H groups in total. The molecule has 0 spiro atoms. The number of nitrogens with one attached hydrogen (secondary N) is 1. The highest BCUT2D eigenvalue weighted by atomic mass is 16.3. The third-order valence-corrected chi connectivity index (χ3v) is 3.71. The number of hydrogen-bond donors (Lipinski definition) is 2. The minimum absolute atomic E-state index is 0.106. The lowest BCUT2D eigenvalue weighted by Gasteiger charge is -2.13. The zero-order chi connectivity index (χ0) is 16.1. The summed E-state index contributed by atoms with van der Waals surface area (Å²) < 4.78 is 2.05. The Kier molecular flexibility index (Phi) is 5.39. The van der Waals surface area contributed by atoms with Crippen LogP contribution in [0.4, 0.5) is 0 Å². The molecule has 118 valence electrons. The Morgan fingerprint density at radius 3 is 2.82 bits per heavy atom. The molecule has 0 aliphatic rings. The van der Waals surface area contributed by atoms with E-state index in [2.05, 4.69) is 22.0 Å². The summed E-state index contributed by atoms with van der Waals surface area (Å²) in [6.45, 7) is 4.35. The fraction of sp³-hybridized carbons (Fsp3) is 0.389. The number of nitrogens with zero attached hydrogens (tertiary/aromatic N) is 1. The van der Waals surface area contributed by atoms with Gasteiger partial charge < -0.3 is 15.0 Å². The van der Waals surface area contributed by atoms with Crippen molar-refractivity contribution >= 4 is 22.9 Å². The first-order valence-corrected chi connectivity index (χ1v) is 7.65. The third-order valence-electron chi connectivity index (χ3n) is 3.71. The number of benzene rings is 1. The van der Waals surface area contributed by atoms with E-state index in [0.29, 0.717) is 13.0 Å².